The lowest BCUT2D eigenvalue weighted by Gasteiger charge is -2.19. The van der Waals surface area contributed by atoms with E-state index in [4.69, 9.17) is 9.47 Å². The number of aromatic nitrogens is 2. The first-order valence-electron chi connectivity index (χ1n) is 10.3. The van der Waals surface area contributed by atoms with Gasteiger partial charge in [-0.3, -0.25) is 4.68 Å². The van der Waals surface area contributed by atoms with Crippen LogP contribution < -0.4 is 0 Å². The summed E-state index contributed by atoms with van der Waals surface area (Å²) in [5.74, 6) is 0.159. The summed E-state index contributed by atoms with van der Waals surface area (Å²) < 4.78 is 12.7. The highest BCUT2D eigenvalue weighted by atomic mass is 16.7. The first-order valence-corrected chi connectivity index (χ1v) is 10.3. The topological polar surface area (TPSA) is 77.1 Å². The minimum Gasteiger partial charge on any atom is -0.431 e. The molecule has 1 fully saturated rings. The average molecular weight is 408 g/mol. The van der Waals surface area contributed by atoms with E-state index in [-0.39, 0.29) is 22.9 Å². The summed E-state index contributed by atoms with van der Waals surface area (Å²) in [5.41, 5.74) is 3.40. The fraction of sp³-hybridized carbons (Fsp3) is 0.458. The van der Waals surface area contributed by atoms with Crippen LogP contribution >= 0.6 is 0 Å². The summed E-state index contributed by atoms with van der Waals surface area (Å²) in [7, 11) is 1.76. The SMILES string of the molecule is Cc1cc(/C(OC(=O)OC2CCCC2)=C(\C#N)c2ccc(C(C)(C)C)cc2)n(C)n1. The number of nitriles is 1. The first kappa shape index (κ1) is 21.6. The molecule has 0 N–H and O–H groups in total. The maximum Gasteiger partial charge on any atom is 0.514 e. The van der Waals surface area contributed by atoms with Crippen molar-refractivity contribution in [1.29, 1.82) is 5.26 Å². The summed E-state index contributed by atoms with van der Waals surface area (Å²) in [6, 6.07) is 11.8. The Morgan fingerprint density at radius 1 is 1.20 bits per heavy atom. The molecule has 0 saturated heterocycles. The number of rotatable bonds is 4. The molecule has 6 nitrogen and oxygen atoms in total. The van der Waals surface area contributed by atoms with Crippen molar-refractivity contribution in [3.8, 4) is 6.07 Å². The van der Waals surface area contributed by atoms with Gasteiger partial charge >= 0.3 is 6.16 Å². The molecule has 0 spiro atoms. The Balaban J connectivity index is 2.01. The molecule has 0 aliphatic heterocycles. The molecule has 3 rings (SSSR count). The second-order valence-corrected chi connectivity index (χ2v) is 8.81. The van der Waals surface area contributed by atoms with E-state index >= 15 is 0 Å². The Hall–Kier alpha value is -3.07. The van der Waals surface area contributed by atoms with Gasteiger partial charge in [0.25, 0.3) is 0 Å². The smallest absolute Gasteiger partial charge is 0.431 e. The maximum atomic E-state index is 12.5. The number of hydrogen-bond donors (Lipinski definition) is 0. The lowest BCUT2D eigenvalue weighted by molar-refractivity contribution is 0.0540. The van der Waals surface area contributed by atoms with E-state index in [9.17, 15) is 10.1 Å². The maximum absolute atomic E-state index is 12.5. The molecule has 0 atom stereocenters. The van der Waals surface area contributed by atoms with Crippen molar-refractivity contribution in [2.45, 2.75) is 64.9 Å². The van der Waals surface area contributed by atoms with Crippen molar-refractivity contribution in [3.05, 3.63) is 52.8 Å². The molecule has 1 aromatic heterocycles. The quantitative estimate of drug-likeness (QED) is 0.379. The highest BCUT2D eigenvalue weighted by Crippen LogP contribution is 2.31. The monoisotopic (exact) mass is 407 g/mol. The molecule has 1 aromatic carbocycles. The van der Waals surface area contributed by atoms with Crippen molar-refractivity contribution >= 4 is 17.5 Å². The van der Waals surface area contributed by atoms with Crippen LogP contribution in [-0.2, 0) is 21.9 Å². The van der Waals surface area contributed by atoms with Crippen LogP contribution in [0.2, 0.25) is 0 Å². The van der Waals surface area contributed by atoms with Gasteiger partial charge in [-0.1, -0.05) is 45.0 Å². The Morgan fingerprint density at radius 3 is 2.33 bits per heavy atom. The highest BCUT2D eigenvalue weighted by molar-refractivity contribution is 5.96. The lowest BCUT2D eigenvalue weighted by Crippen LogP contribution is -2.16. The van der Waals surface area contributed by atoms with E-state index in [1.165, 1.54) is 0 Å². The Morgan fingerprint density at radius 2 is 1.83 bits per heavy atom. The van der Waals surface area contributed by atoms with E-state index < -0.39 is 6.16 Å². The van der Waals surface area contributed by atoms with Gasteiger partial charge in [0, 0.05) is 7.05 Å². The van der Waals surface area contributed by atoms with Crippen LogP contribution in [0.5, 0.6) is 0 Å². The lowest BCUT2D eigenvalue weighted by atomic mass is 9.86. The van der Waals surface area contributed by atoms with Gasteiger partial charge in [-0.15, -0.1) is 0 Å². The molecule has 2 aromatic rings. The minimum absolute atomic E-state index is 0.00137. The summed E-state index contributed by atoms with van der Waals surface area (Å²) in [6.45, 7) is 8.25. The van der Waals surface area contributed by atoms with Gasteiger partial charge < -0.3 is 9.47 Å². The summed E-state index contributed by atoms with van der Waals surface area (Å²) in [4.78, 5) is 12.5. The highest BCUT2D eigenvalue weighted by Gasteiger charge is 2.25. The van der Waals surface area contributed by atoms with E-state index in [2.05, 4.69) is 31.9 Å². The zero-order valence-electron chi connectivity index (χ0n) is 18.4. The van der Waals surface area contributed by atoms with Crippen LogP contribution in [0.25, 0.3) is 11.3 Å². The molecule has 0 amide bonds. The molecule has 0 bridgehead atoms. The summed E-state index contributed by atoms with van der Waals surface area (Å²) in [5, 5.41) is 14.3. The Bertz CT molecular complexity index is 982. The molecular formula is C24H29N3O3. The third-order valence-electron chi connectivity index (χ3n) is 5.36. The van der Waals surface area contributed by atoms with Crippen molar-refractivity contribution < 1.29 is 14.3 Å². The van der Waals surface area contributed by atoms with Gasteiger partial charge in [0.15, 0.2) is 5.76 Å². The van der Waals surface area contributed by atoms with Crippen LogP contribution in [-0.4, -0.2) is 22.0 Å². The second-order valence-electron chi connectivity index (χ2n) is 8.81. The van der Waals surface area contributed by atoms with Crippen LogP contribution in [0.3, 0.4) is 0 Å². The Kier molecular flexibility index (Phi) is 6.31. The molecule has 0 radical (unpaired) electrons. The molecule has 0 unspecified atom stereocenters. The standard InChI is InChI=1S/C24H29N3O3/c1-16-14-21(27(5)26-16)22(30-23(28)29-19-8-6-7-9-19)20(15-25)17-10-12-18(13-11-17)24(2,3)4/h10-14,19H,6-9H2,1-5H3/b22-20-. The van der Waals surface area contributed by atoms with Gasteiger partial charge in [0.1, 0.15) is 23.4 Å². The van der Waals surface area contributed by atoms with Crippen molar-refractivity contribution in [2.24, 2.45) is 7.05 Å². The molecule has 1 aliphatic carbocycles. The van der Waals surface area contributed by atoms with Crippen molar-refractivity contribution in [3.63, 3.8) is 0 Å². The number of nitrogens with zero attached hydrogens (tertiary/aromatic N) is 3. The Labute approximate surface area is 178 Å². The van der Waals surface area contributed by atoms with Gasteiger partial charge in [-0.05, 0) is 55.2 Å². The predicted octanol–water partition coefficient (Wildman–Crippen LogP) is 5.51. The number of carbonyl (C=O) groups excluding carboxylic acids is 1. The van der Waals surface area contributed by atoms with Crippen molar-refractivity contribution in [1.82, 2.24) is 9.78 Å². The molecule has 158 valence electrons. The summed E-state index contributed by atoms with van der Waals surface area (Å²) in [6.07, 6.45) is 2.88. The zero-order chi connectivity index (χ0) is 21.9. The van der Waals surface area contributed by atoms with Crippen LogP contribution in [0.1, 0.15) is 69.0 Å². The minimum atomic E-state index is -0.783. The molecule has 6 heteroatoms. The zero-order valence-corrected chi connectivity index (χ0v) is 18.4. The number of hydrogen-bond acceptors (Lipinski definition) is 5. The predicted molar refractivity (Wildman–Crippen MR) is 115 cm³/mol. The largest absolute Gasteiger partial charge is 0.514 e. The number of allylic oxidation sites excluding steroid dienone is 1. The molecule has 1 saturated carbocycles. The van der Waals surface area contributed by atoms with Gasteiger partial charge in [-0.2, -0.15) is 10.4 Å². The third-order valence-corrected chi connectivity index (χ3v) is 5.36. The van der Waals surface area contributed by atoms with Crippen LogP contribution in [0.4, 0.5) is 4.79 Å². The molecule has 1 heterocycles. The van der Waals surface area contributed by atoms with E-state index in [0.717, 1.165) is 36.9 Å². The second kappa shape index (κ2) is 8.74. The summed E-state index contributed by atoms with van der Waals surface area (Å²) >= 11 is 0. The van der Waals surface area contributed by atoms with Crippen LogP contribution in [0.15, 0.2) is 30.3 Å². The molecule has 1 aliphatic rings. The van der Waals surface area contributed by atoms with Crippen LogP contribution in [0, 0.1) is 18.3 Å². The van der Waals surface area contributed by atoms with Gasteiger partial charge in [0.05, 0.1) is 5.69 Å². The van der Waals surface area contributed by atoms with E-state index in [1.54, 1.807) is 17.8 Å². The van der Waals surface area contributed by atoms with E-state index in [1.807, 2.05) is 31.2 Å². The van der Waals surface area contributed by atoms with Crippen molar-refractivity contribution in [2.75, 3.05) is 0 Å². The number of aryl methyl sites for hydroxylation is 2. The van der Waals surface area contributed by atoms with Gasteiger partial charge in [0.2, 0.25) is 0 Å². The molecule has 30 heavy (non-hydrogen) atoms. The average Bonchev–Trinajstić information content (AvgIpc) is 3.30. The number of carbonyl (C=O) groups is 1. The first-order chi connectivity index (χ1) is 14.2. The number of ether oxygens (including phenoxy) is 2. The normalized spacial score (nSPS) is 15.5. The van der Waals surface area contributed by atoms with E-state index in [0.29, 0.717) is 11.3 Å². The fourth-order valence-electron chi connectivity index (χ4n) is 3.69. The molecular weight excluding hydrogens is 378 g/mol. The fourth-order valence-corrected chi connectivity index (χ4v) is 3.69. The number of benzene rings is 1. The third kappa shape index (κ3) is 4.91. The van der Waals surface area contributed by atoms with Gasteiger partial charge in [-0.25, -0.2) is 4.79 Å².